The molecule has 0 spiro atoms. The van der Waals surface area contributed by atoms with Crippen molar-refractivity contribution in [1.82, 2.24) is 15.1 Å². The van der Waals surface area contributed by atoms with Gasteiger partial charge in [0.25, 0.3) is 0 Å². The van der Waals surface area contributed by atoms with Gasteiger partial charge in [-0.25, -0.2) is 0 Å². The number of hydrogen-bond acceptors (Lipinski definition) is 2. The fourth-order valence-corrected chi connectivity index (χ4v) is 2.13. The molecule has 0 aliphatic carbocycles. The number of rotatable bonds is 6. The molecule has 1 aromatic rings. The highest BCUT2D eigenvalue weighted by atomic mass is 15.3. The fraction of sp³-hybridized carbons (Fsp3) is 0.800. The quantitative estimate of drug-likeness (QED) is 0.836. The fourth-order valence-electron chi connectivity index (χ4n) is 2.13. The van der Waals surface area contributed by atoms with Crippen LogP contribution in [0.25, 0.3) is 0 Å². The molecule has 0 aromatic carbocycles. The second kappa shape index (κ2) is 6.37. The molecule has 2 unspecified atom stereocenters. The second-order valence-corrected chi connectivity index (χ2v) is 6.32. The van der Waals surface area contributed by atoms with Crippen LogP contribution in [0.15, 0.2) is 12.3 Å². The summed E-state index contributed by atoms with van der Waals surface area (Å²) in [6.07, 6.45) is 4.19. The van der Waals surface area contributed by atoms with E-state index in [4.69, 9.17) is 0 Å². The maximum absolute atomic E-state index is 4.42. The minimum Gasteiger partial charge on any atom is -0.312 e. The predicted octanol–water partition coefficient (Wildman–Crippen LogP) is 3.63. The minimum atomic E-state index is 0.352. The zero-order valence-electron chi connectivity index (χ0n) is 12.8. The highest BCUT2D eigenvalue weighted by Gasteiger charge is 2.25. The Morgan fingerprint density at radius 1 is 1.39 bits per heavy atom. The van der Waals surface area contributed by atoms with Crippen molar-refractivity contribution in [3.8, 4) is 0 Å². The Kier molecular flexibility index (Phi) is 5.39. The molecule has 0 saturated carbocycles. The lowest BCUT2D eigenvalue weighted by molar-refractivity contribution is 0.223. The summed E-state index contributed by atoms with van der Waals surface area (Å²) in [6.45, 7) is 12.5. The molecule has 0 fully saturated rings. The van der Waals surface area contributed by atoms with Crippen molar-refractivity contribution in [2.75, 3.05) is 7.05 Å². The molecule has 0 aliphatic rings. The Morgan fingerprint density at radius 2 is 2.06 bits per heavy atom. The van der Waals surface area contributed by atoms with E-state index in [9.17, 15) is 0 Å². The highest BCUT2D eigenvalue weighted by Crippen LogP contribution is 2.33. The first-order valence-electron chi connectivity index (χ1n) is 7.09. The summed E-state index contributed by atoms with van der Waals surface area (Å²) in [5.41, 5.74) is 1.67. The number of hydrogen-bond donors (Lipinski definition) is 1. The molecular weight excluding hydrogens is 222 g/mol. The lowest BCUT2D eigenvalue weighted by Crippen LogP contribution is -2.27. The van der Waals surface area contributed by atoms with Gasteiger partial charge in [0.15, 0.2) is 0 Å². The first-order valence-corrected chi connectivity index (χ1v) is 7.09. The Balaban J connectivity index is 2.80. The summed E-state index contributed by atoms with van der Waals surface area (Å²) in [5, 5.41) is 7.87. The van der Waals surface area contributed by atoms with Crippen LogP contribution in [0.3, 0.4) is 0 Å². The highest BCUT2D eigenvalue weighted by molar-refractivity contribution is 5.07. The van der Waals surface area contributed by atoms with Gasteiger partial charge in [-0.2, -0.15) is 5.10 Å². The summed E-state index contributed by atoms with van der Waals surface area (Å²) >= 11 is 0. The Hall–Kier alpha value is -0.830. The Bertz CT molecular complexity index is 349. The van der Waals surface area contributed by atoms with E-state index in [-0.39, 0.29) is 0 Å². The molecule has 0 saturated heterocycles. The van der Waals surface area contributed by atoms with Crippen molar-refractivity contribution in [2.24, 2.45) is 11.3 Å². The molecule has 2 atom stereocenters. The van der Waals surface area contributed by atoms with Crippen LogP contribution in [0.5, 0.6) is 0 Å². The molecule has 0 bridgehead atoms. The van der Waals surface area contributed by atoms with Crippen molar-refractivity contribution in [3.63, 3.8) is 0 Å². The number of nitrogens with zero attached hydrogens (tertiary/aromatic N) is 2. The molecule has 1 rings (SSSR count). The standard InChI is InChI=1S/C15H29N3/c1-7-10-18-14(8-9-17-18)13(16-6)11-12(2)15(3,4)5/h8-9,12-13,16H,7,10-11H2,1-6H3. The van der Waals surface area contributed by atoms with E-state index in [1.54, 1.807) is 0 Å². The molecule has 104 valence electrons. The average molecular weight is 251 g/mol. The summed E-state index contributed by atoms with van der Waals surface area (Å²) < 4.78 is 2.14. The third-order valence-electron chi connectivity index (χ3n) is 3.96. The number of nitrogens with one attached hydrogen (secondary N) is 1. The molecular formula is C15H29N3. The smallest absolute Gasteiger partial charge is 0.0553 e. The average Bonchev–Trinajstić information content (AvgIpc) is 2.73. The summed E-state index contributed by atoms with van der Waals surface area (Å²) in [4.78, 5) is 0. The van der Waals surface area contributed by atoms with Crippen molar-refractivity contribution >= 4 is 0 Å². The lowest BCUT2D eigenvalue weighted by atomic mass is 9.78. The SMILES string of the molecule is CCCn1nccc1C(CC(C)C(C)(C)C)NC. The van der Waals surface area contributed by atoms with Crippen molar-refractivity contribution < 1.29 is 0 Å². The van der Waals surface area contributed by atoms with Gasteiger partial charge < -0.3 is 5.32 Å². The normalized spacial score (nSPS) is 15.7. The zero-order valence-corrected chi connectivity index (χ0v) is 12.8. The van der Waals surface area contributed by atoms with E-state index in [1.165, 1.54) is 5.69 Å². The van der Waals surface area contributed by atoms with E-state index in [0.717, 1.165) is 19.4 Å². The van der Waals surface area contributed by atoms with Crippen LogP contribution in [0.1, 0.15) is 59.2 Å². The molecule has 0 radical (unpaired) electrons. The van der Waals surface area contributed by atoms with Gasteiger partial charge in [-0.05, 0) is 37.3 Å². The van der Waals surface area contributed by atoms with Crippen LogP contribution in [0.4, 0.5) is 0 Å². The van der Waals surface area contributed by atoms with E-state index in [2.05, 4.69) is 55.8 Å². The molecule has 0 amide bonds. The van der Waals surface area contributed by atoms with Gasteiger partial charge in [0, 0.05) is 18.8 Å². The van der Waals surface area contributed by atoms with Crippen LogP contribution in [0.2, 0.25) is 0 Å². The van der Waals surface area contributed by atoms with Crippen LogP contribution in [-0.4, -0.2) is 16.8 Å². The topological polar surface area (TPSA) is 29.9 Å². The molecule has 3 heteroatoms. The maximum Gasteiger partial charge on any atom is 0.0553 e. The predicted molar refractivity (Wildman–Crippen MR) is 77.6 cm³/mol. The summed E-state index contributed by atoms with van der Waals surface area (Å²) in [6, 6.07) is 2.54. The van der Waals surface area contributed by atoms with Gasteiger partial charge in [-0.1, -0.05) is 34.6 Å². The third-order valence-corrected chi connectivity index (χ3v) is 3.96. The molecule has 1 heterocycles. The van der Waals surface area contributed by atoms with Gasteiger partial charge in [-0.3, -0.25) is 4.68 Å². The van der Waals surface area contributed by atoms with Crippen LogP contribution >= 0.6 is 0 Å². The van der Waals surface area contributed by atoms with Gasteiger partial charge in [0.05, 0.1) is 5.69 Å². The molecule has 1 N–H and O–H groups in total. The summed E-state index contributed by atoms with van der Waals surface area (Å²) in [7, 11) is 2.04. The van der Waals surface area contributed by atoms with Crippen molar-refractivity contribution in [3.05, 3.63) is 18.0 Å². The number of aromatic nitrogens is 2. The van der Waals surface area contributed by atoms with Gasteiger partial charge >= 0.3 is 0 Å². The van der Waals surface area contributed by atoms with Crippen LogP contribution in [0, 0.1) is 11.3 Å². The van der Waals surface area contributed by atoms with Gasteiger partial charge in [0.2, 0.25) is 0 Å². The Morgan fingerprint density at radius 3 is 2.56 bits per heavy atom. The van der Waals surface area contributed by atoms with Gasteiger partial charge in [-0.15, -0.1) is 0 Å². The number of aryl methyl sites for hydroxylation is 1. The first kappa shape index (κ1) is 15.2. The largest absolute Gasteiger partial charge is 0.312 e. The van der Waals surface area contributed by atoms with Crippen molar-refractivity contribution in [2.45, 2.75) is 60.0 Å². The summed E-state index contributed by atoms with van der Waals surface area (Å²) in [5.74, 6) is 0.667. The van der Waals surface area contributed by atoms with E-state index in [0.29, 0.717) is 17.4 Å². The zero-order chi connectivity index (χ0) is 13.8. The van der Waals surface area contributed by atoms with E-state index >= 15 is 0 Å². The lowest BCUT2D eigenvalue weighted by Gasteiger charge is -2.31. The van der Waals surface area contributed by atoms with E-state index < -0.39 is 0 Å². The van der Waals surface area contributed by atoms with Crippen LogP contribution in [-0.2, 0) is 6.54 Å². The Labute approximate surface area is 112 Å². The van der Waals surface area contributed by atoms with Crippen molar-refractivity contribution in [1.29, 1.82) is 0 Å². The second-order valence-electron chi connectivity index (χ2n) is 6.32. The molecule has 3 nitrogen and oxygen atoms in total. The van der Waals surface area contributed by atoms with Gasteiger partial charge in [0.1, 0.15) is 0 Å². The minimum absolute atomic E-state index is 0.352. The maximum atomic E-state index is 4.42. The molecule has 18 heavy (non-hydrogen) atoms. The monoisotopic (exact) mass is 251 g/mol. The van der Waals surface area contributed by atoms with Crippen LogP contribution < -0.4 is 5.32 Å². The first-order chi connectivity index (χ1) is 8.40. The molecule has 1 aromatic heterocycles. The van der Waals surface area contributed by atoms with E-state index in [1.807, 2.05) is 13.2 Å². The third kappa shape index (κ3) is 3.84. The molecule has 0 aliphatic heterocycles.